The van der Waals surface area contributed by atoms with Crippen molar-refractivity contribution in [1.82, 2.24) is 4.90 Å². The maximum absolute atomic E-state index is 3.95. The summed E-state index contributed by atoms with van der Waals surface area (Å²) >= 11 is 0. The van der Waals surface area contributed by atoms with Crippen molar-refractivity contribution in [3.8, 4) is 0 Å². The summed E-state index contributed by atoms with van der Waals surface area (Å²) in [6.45, 7) is 8.32. The van der Waals surface area contributed by atoms with Crippen LogP contribution < -0.4 is 0 Å². The van der Waals surface area contributed by atoms with Crippen molar-refractivity contribution in [2.45, 2.75) is 52.0 Å². The van der Waals surface area contributed by atoms with E-state index in [1.54, 1.807) is 0 Å². The fraction of sp³-hybridized carbons (Fsp3) is 0.833. The van der Waals surface area contributed by atoms with Gasteiger partial charge in [0, 0.05) is 6.04 Å². The molecule has 0 aromatic carbocycles. The minimum absolute atomic E-state index is 0.747. The molecular weight excluding hydrogens is 158 g/mol. The molecule has 0 amide bonds. The van der Waals surface area contributed by atoms with Crippen molar-refractivity contribution in [3.05, 3.63) is 12.2 Å². The molecule has 13 heavy (non-hydrogen) atoms. The molecule has 0 fully saturated rings. The van der Waals surface area contributed by atoms with Gasteiger partial charge in [0.1, 0.15) is 0 Å². The molecule has 0 radical (unpaired) electrons. The lowest BCUT2D eigenvalue weighted by atomic mass is 10.0. The van der Waals surface area contributed by atoms with Gasteiger partial charge in [-0.1, -0.05) is 25.3 Å². The minimum atomic E-state index is 0.747. The molecule has 0 rings (SSSR count). The number of hydrogen-bond acceptors (Lipinski definition) is 1. The van der Waals surface area contributed by atoms with E-state index in [4.69, 9.17) is 0 Å². The van der Waals surface area contributed by atoms with Crippen LogP contribution in [-0.4, -0.2) is 25.0 Å². The molecule has 0 saturated carbocycles. The number of unbranched alkanes of at least 4 members (excludes halogenated alkanes) is 1. The highest BCUT2D eigenvalue weighted by Crippen LogP contribution is 2.14. The monoisotopic (exact) mass is 183 g/mol. The third-order valence-corrected chi connectivity index (χ3v) is 2.53. The average Bonchev–Trinajstić information content (AvgIpc) is 2.03. The summed E-state index contributed by atoms with van der Waals surface area (Å²) in [5.41, 5.74) is 1.31. The largest absolute Gasteiger partial charge is 0.306 e. The summed E-state index contributed by atoms with van der Waals surface area (Å²) in [5, 5.41) is 0. The first-order valence-electron chi connectivity index (χ1n) is 5.38. The Morgan fingerprint density at radius 1 is 1.31 bits per heavy atom. The van der Waals surface area contributed by atoms with E-state index in [0.717, 1.165) is 6.04 Å². The second-order valence-corrected chi connectivity index (χ2v) is 4.26. The van der Waals surface area contributed by atoms with Crippen molar-refractivity contribution in [2.24, 2.45) is 0 Å². The molecule has 0 aliphatic carbocycles. The molecule has 0 aromatic rings. The molecule has 0 bridgehead atoms. The van der Waals surface area contributed by atoms with Gasteiger partial charge in [0.15, 0.2) is 0 Å². The first-order chi connectivity index (χ1) is 6.07. The fourth-order valence-corrected chi connectivity index (χ4v) is 1.51. The van der Waals surface area contributed by atoms with E-state index in [9.17, 15) is 0 Å². The van der Waals surface area contributed by atoms with E-state index in [2.05, 4.69) is 39.4 Å². The molecule has 0 aliphatic rings. The molecule has 1 nitrogen and oxygen atoms in total. The van der Waals surface area contributed by atoms with Crippen LogP contribution in [0.2, 0.25) is 0 Å². The number of rotatable bonds is 7. The first-order valence-corrected chi connectivity index (χ1v) is 5.38. The molecule has 0 spiro atoms. The molecule has 0 N–H and O–H groups in total. The highest BCUT2D eigenvalue weighted by atomic mass is 15.1. The summed E-state index contributed by atoms with van der Waals surface area (Å²) in [6.07, 6.45) is 6.42. The Morgan fingerprint density at radius 2 is 1.92 bits per heavy atom. The Labute approximate surface area is 83.8 Å². The van der Waals surface area contributed by atoms with Gasteiger partial charge in [0.2, 0.25) is 0 Å². The zero-order valence-corrected chi connectivity index (χ0v) is 9.77. The van der Waals surface area contributed by atoms with E-state index < -0.39 is 0 Å². The smallest absolute Gasteiger partial charge is 0.00922 e. The summed E-state index contributed by atoms with van der Waals surface area (Å²) in [5.74, 6) is 0. The van der Waals surface area contributed by atoms with Crippen LogP contribution in [0.1, 0.15) is 46.0 Å². The van der Waals surface area contributed by atoms with Crippen LogP contribution >= 0.6 is 0 Å². The average molecular weight is 183 g/mol. The summed E-state index contributed by atoms with van der Waals surface area (Å²) in [6, 6.07) is 0.747. The molecule has 0 heterocycles. The van der Waals surface area contributed by atoms with E-state index in [-0.39, 0.29) is 0 Å². The van der Waals surface area contributed by atoms with Crippen LogP contribution in [-0.2, 0) is 0 Å². The fourth-order valence-electron chi connectivity index (χ4n) is 1.51. The van der Waals surface area contributed by atoms with Gasteiger partial charge in [-0.25, -0.2) is 0 Å². The SMILES string of the molecule is C=C(C)CCC(CCCC)N(C)C. The molecule has 1 heteroatoms. The summed E-state index contributed by atoms with van der Waals surface area (Å²) < 4.78 is 0. The maximum Gasteiger partial charge on any atom is 0.00922 e. The highest BCUT2D eigenvalue weighted by molar-refractivity contribution is 4.89. The Balaban J connectivity index is 3.73. The predicted octanol–water partition coefficient (Wildman–Crippen LogP) is 3.46. The van der Waals surface area contributed by atoms with Crippen LogP contribution in [0.15, 0.2) is 12.2 Å². The standard InChI is InChI=1S/C12H25N/c1-6-7-8-12(13(4)5)10-9-11(2)3/h12H,2,6-10H2,1,3-5H3. The van der Waals surface area contributed by atoms with Crippen molar-refractivity contribution >= 4 is 0 Å². The van der Waals surface area contributed by atoms with Crippen LogP contribution in [0, 0.1) is 0 Å². The van der Waals surface area contributed by atoms with Crippen LogP contribution in [0.3, 0.4) is 0 Å². The van der Waals surface area contributed by atoms with Gasteiger partial charge < -0.3 is 4.90 Å². The Kier molecular flexibility index (Phi) is 6.97. The second-order valence-electron chi connectivity index (χ2n) is 4.26. The molecular formula is C12H25N. The van der Waals surface area contributed by atoms with Crippen LogP contribution in [0.4, 0.5) is 0 Å². The molecule has 1 unspecified atom stereocenters. The van der Waals surface area contributed by atoms with E-state index in [1.807, 2.05) is 0 Å². The number of allylic oxidation sites excluding steroid dienone is 1. The Bertz CT molecular complexity index is 138. The zero-order valence-electron chi connectivity index (χ0n) is 9.77. The first kappa shape index (κ1) is 12.7. The van der Waals surface area contributed by atoms with Crippen molar-refractivity contribution < 1.29 is 0 Å². The van der Waals surface area contributed by atoms with Gasteiger partial charge in [-0.15, -0.1) is 6.58 Å². The summed E-state index contributed by atoms with van der Waals surface area (Å²) in [4.78, 5) is 2.35. The van der Waals surface area contributed by atoms with Crippen molar-refractivity contribution in [2.75, 3.05) is 14.1 Å². The zero-order chi connectivity index (χ0) is 10.3. The van der Waals surface area contributed by atoms with Gasteiger partial charge >= 0.3 is 0 Å². The number of nitrogens with zero attached hydrogens (tertiary/aromatic N) is 1. The summed E-state index contributed by atoms with van der Waals surface area (Å²) in [7, 11) is 4.36. The molecule has 78 valence electrons. The Morgan fingerprint density at radius 3 is 2.31 bits per heavy atom. The van der Waals surface area contributed by atoms with Crippen LogP contribution in [0.25, 0.3) is 0 Å². The van der Waals surface area contributed by atoms with Gasteiger partial charge in [-0.05, 0) is 40.3 Å². The van der Waals surface area contributed by atoms with Gasteiger partial charge in [-0.2, -0.15) is 0 Å². The Hall–Kier alpha value is -0.300. The second kappa shape index (κ2) is 7.14. The lowest BCUT2D eigenvalue weighted by Crippen LogP contribution is -2.27. The minimum Gasteiger partial charge on any atom is -0.306 e. The molecule has 0 saturated heterocycles. The van der Waals surface area contributed by atoms with Crippen molar-refractivity contribution in [3.63, 3.8) is 0 Å². The van der Waals surface area contributed by atoms with E-state index >= 15 is 0 Å². The quantitative estimate of drug-likeness (QED) is 0.546. The van der Waals surface area contributed by atoms with E-state index in [1.165, 1.54) is 37.7 Å². The predicted molar refractivity (Wildman–Crippen MR) is 61.0 cm³/mol. The van der Waals surface area contributed by atoms with Crippen LogP contribution in [0.5, 0.6) is 0 Å². The lowest BCUT2D eigenvalue weighted by molar-refractivity contribution is 0.259. The maximum atomic E-state index is 3.95. The van der Waals surface area contributed by atoms with Gasteiger partial charge in [0.25, 0.3) is 0 Å². The molecule has 1 atom stereocenters. The third-order valence-electron chi connectivity index (χ3n) is 2.53. The highest BCUT2D eigenvalue weighted by Gasteiger charge is 2.09. The van der Waals surface area contributed by atoms with Gasteiger partial charge in [0.05, 0.1) is 0 Å². The van der Waals surface area contributed by atoms with Crippen molar-refractivity contribution in [1.29, 1.82) is 0 Å². The lowest BCUT2D eigenvalue weighted by Gasteiger charge is -2.24. The molecule has 0 aliphatic heterocycles. The van der Waals surface area contributed by atoms with Gasteiger partial charge in [-0.3, -0.25) is 0 Å². The van der Waals surface area contributed by atoms with E-state index in [0.29, 0.717) is 0 Å². The topological polar surface area (TPSA) is 3.24 Å². The third kappa shape index (κ3) is 6.83. The number of hydrogen-bond donors (Lipinski definition) is 0. The molecule has 0 aromatic heterocycles. The normalized spacial score (nSPS) is 13.3.